The number of anilines is 2. The van der Waals surface area contributed by atoms with E-state index in [0.29, 0.717) is 11.3 Å². The molecule has 1 heterocycles. The summed E-state index contributed by atoms with van der Waals surface area (Å²) in [5.74, 6) is -3.51. The molecule has 1 aliphatic rings. The number of allylic oxidation sites excluding steroid dienone is 1. The van der Waals surface area contributed by atoms with Crippen LogP contribution in [-0.2, 0) is 23.8 Å². The predicted molar refractivity (Wildman–Crippen MR) is 160 cm³/mol. The van der Waals surface area contributed by atoms with E-state index < -0.39 is 23.8 Å². The quantitative estimate of drug-likeness (QED) is 0.264. The molecule has 0 radical (unpaired) electrons. The summed E-state index contributed by atoms with van der Waals surface area (Å²) in [5.41, 5.74) is 8.66. The summed E-state index contributed by atoms with van der Waals surface area (Å²) in [7, 11) is 2.35. The molecule has 0 amide bonds. The number of nitrogens with zero attached hydrogens (tertiary/aromatic N) is 2. The number of nitrogens with two attached hydrogens (primary N) is 1. The fourth-order valence-electron chi connectivity index (χ4n) is 5.00. The number of carbonyl (C=O) groups is 3. The SMILES string of the molecule is CCOC(=O)c1ccc(NC(C)c2ccccc2)c(N2C(N)=C(C#N)C(c3ccccc3)C(C(=O)OC)=C2C(=O)OC)c1. The lowest BCUT2D eigenvalue weighted by molar-refractivity contribution is -0.139. The fourth-order valence-corrected chi connectivity index (χ4v) is 5.00. The average molecular weight is 581 g/mol. The van der Waals surface area contributed by atoms with Crippen molar-refractivity contribution >= 4 is 29.3 Å². The molecule has 10 nitrogen and oxygen atoms in total. The third-order valence-corrected chi connectivity index (χ3v) is 7.03. The number of ether oxygens (including phenoxy) is 3. The van der Waals surface area contributed by atoms with Gasteiger partial charge in [-0.3, -0.25) is 4.90 Å². The number of carbonyl (C=O) groups excluding carboxylic acids is 3. The smallest absolute Gasteiger partial charge is 0.355 e. The largest absolute Gasteiger partial charge is 0.466 e. The minimum Gasteiger partial charge on any atom is -0.466 e. The molecule has 0 spiro atoms. The Hall–Kier alpha value is -5.56. The van der Waals surface area contributed by atoms with Crippen molar-refractivity contribution < 1.29 is 28.6 Å². The van der Waals surface area contributed by atoms with Gasteiger partial charge in [0, 0.05) is 6.04 Å². The van der Waals surface area contributed by atoms with E-state index in [1.165, 1.54) is 25.2 Å². The molecule has 43 heavy (non-hydrogen) atoms. The van der Waals surface area contributed by atoms with Crippen molar-refractivity contribution in [2.24, 2.45) is 5.73 Å². The van der Waals surface area contributed by atoms with Crippen LogP contribution in [0.15, 0.2) is 102 Å². The predicted octanol–water partition coefficient (Wildman–Crippen LogP) is 4.93. The molecular weight excluding hydrogens is 548 g/mol. The van der Waals surface area contributed by atoms with Gasteiger partial charge in [0.25, 0.3) is 0 Å². The van der Waals surface area contributed by atoms with E-state index in [-0.39, 0.29) is 46.6 Å². The fraction of sp³-hybridized carbons (Fsp3) is 0.212. The lowest BCUT2D eigenvalue weighted by atomic mass is 9.81. The van der Waals surface area contributed by atoms with Crippen LogP contribution in [0.1, 0.15) is 47.3 Å². The second kappa shape index (κ2) is 13.4. The van der Waals surface area contributed by atoms with Gasteiger partial charge < -0.3 is 25.3 Å². The summed E-state index contributed by atoms with van der Waals surface area (Å²) in [6.07, 6.45) is 0. The third-order valence-electron chi connectivity index (χ3n) is 7.03. The number of rotatable bonds is 9. The van der Waals surface area contributed by atoms with Crippen molar-refractivity contribution in [3.63, 3.8) is 0 Å². The molecule has 1 aliphatic heterocycles. The van der Waals surface area contributed by atoms with Crippen LogP contribution in [0.4, 0.5) is 11.4 Å². The Morgan fingerprint density at radius 2 is 1.58 bits per heavy atom. The molecule has 0 saturated heterocycles. The standard InChI is InChI=1S/C33H32N4O6/c1-5-43-31(38)23-16-17-25(36-20(2)21-12-8-6-9-13-21)26(18-23)37-29(33(40)42-4)28(32(39)41-3)27(24(19-34)30(37)35)22-14-10-7-11-15-22/h6-18,20,27,36H,5,35H2,1-4H3. The van der Waals surface area contributed by atoms with Gasteiger partial charge >= 0.3 is 17.9 Å². The van der Waals surface area contributed by atoms with Crippen LogP contribution in [0.3, 0.4) is 0 Å². The van der Waals surface area contributed by atoms with Gasteiger partial charge in [0.1, 0.15) is 11.5 Å². The van der Waals surface area contributed by atoms with E-state index in [9.17, 15) is 19.6 Å². The second-order valence-corrected chi connectivity index (χ2v) is 9.56. The number of esters is 3. The lowest BCUT2D eigenvalue weighted by Crippen LogP contribution is -2.41. The first-order chi connectivity index (χ1) is 20.8. The van der Waals surface area contributed by atoms with Gasteiger partial charge in [0.15, 0.2) is 0 Å². The monoisotopic (exact) mass is 580 g/mol. The first kappa shape index (κ1) is 30.4. The highest BCUT2D eigenvalue weighted by molar-refractivity contribution is 6.07. The Morgan fingerprint density at radius 3 is 2.16 bits per heavy atom. The van der Waals surface area contributed by atoms with Gasteiger partial charge in [-0.05, 0) is 43.2 Å². The molecule has 0 aliphatic carbocycles. The second-order valence-electron chi connectivity index (χ2n) is 9.56. The molecule has 2 unspecified atom stereocenters. The molecular formula is C33H32N4O6. The Morgan fingerprint density at radius 1 is 0.953 bits per heavy atom. The van der Waals surface area contributed by atoms with Crippen LogP contribution in [0.5, 0.6) is 0 Å². The lowest BCUT2D eigenvalue weighted by Gasteiger charge is -2.37. The number of hydrogen-bond donors (Lipinski definition) is 2. The van der Waals surface area contributed by atoms with Gasteiger partial charge in [0.2, 0.25) is 0 Å². The van der Waals surface area contributed by atoms with E-state index in [1.807, 2.05) is 37.3 Å². The third kappa shape index (κ3) is 6.06. The summed E-state index contributed by atoms with van der Waals surface area (Å²) in [6, 6.07) is 25.0. The van der Waals surface area contributed by atoms with Gasteiger partial charge in [-0.25, -0.2) is 14.4 Å². The van der Waals surface area contributed by atoms with E-state index in [4.69, 9.17) is 19.9 Å². The van der Waals surface area contributed by atoms with E-state index in [0.717, 1.165) is 5.56 Å². The van der Waals surface area contributed by atoms with Crippen LogP contribution in [0.2, 0.25) is 0 Å². The molecule has 10 heteroatoms. The van der Waals surface area contributed by atoms with Crippen LogP contribution in [0, 0.1) is 11.3 Å². The molecule has 0 fully saturated rings. The van der Waals surface area contributed by atoms with E-state index >= 15 is 0 Å². The van der Waals surface area contributed by atoms with Gasteiger partial charge in [-0.2, -0.15) is 5.26 Å². The van der Waals surface area contributed by atoms with Gasteiger partial charge in [0.05, 0.1) is 60.9 Å². The van der Waals surface area contributed by atoms with Crippen LogP contribution in [-0.4, -0.2) is 38.7 Å². The molecule has 0 bridgehead atoms. The van der Waals surface area contributed by atoms with Gasteiger partial charge in [-0.1, -0.05) is 60.7 Å². The van der Waals surface area contributed by atoms with Crippen molar-refractivity contribution in [2.75, 3.05) is 31.0 Å². The van der Waals surface area contributed by atoms with Crippen LogP contribution >= 0.6 is 0 Å². The highest BCUT2D eigenvalue weighted by Crippen LogP contribution is 2.45. The van der Waals surface area contributed by atoms with Crippen molar-refractivity contribution in [2.45, 2.75) is 25.8 Å². The Bertz CT molecular complexity index is 1630. The molecule has 3 aromatic carbocycles. The zero-order valence-electron chi connectivity index (χ0n) is 24.3. The molecule has 3 N–H and O–H groups in total. The summed E-state index contributed by atoms with van der Waals surface area (Å²) < 4.78 is 15.5. The molecule has 220 valence electrons. The Kier molecular flexibility index (Phi) is 9.47. The van der Waals surface area contributed by atoms with Crippen molar-refractivity contribution in [3.05, 3.63) is 118 Å². The van der Waals surface area contributed by atoms with E-state index in [2.05, 4.69) is 11.4 Å². The number of nitriles is 1. The number of benzene rings is 3. The molecule has 4 rings (SSSR count). The molecule has 3 aromatic rings. The van der Waals surface area contributed by atoms with Crippen molar-refractivity contribution in [1.29, 1.82) is 5.26 Å². The zero-order valence-corrected chi connectivity index (χ0v) is 24.3. The number of hydrogen-bond acceptors (Lipinski definition) is 10. The molecule has 2 atom stereocenters. The summed E-state index contributed by atoms with van der Waals surface area (Å²) >= 11 is 0. The van der Waals surface area contributed by atoms with E-state index in [1.54, 1.807) is 49.4 Å². The highest BCUT2D eigenvalue weighted by Gasteiger charge is 2.43. The number of nitrogens with one attached hydrogen (secondary N) is 1. The van der Waals surface area contributed by atoms with Crippen molar-refractivity contribution in [3.8, 4) is 6.07 Å². The normalized spacial score (nSPS) is 15.3. The zero-order chi connectivity index (χ0) is 31.1. The average Bonchev–Trinajstić information content (AvgIpc) is 3.04. The van der Waals surface area contributed by atoms with Crippen LogP contribution < -0.4 is 16.0 Å². The maximum atomic E-state index is 13.6. The van der Waals surface area contributed by atoms with Crippen molar-refractivity contribution in [1.82, 2.24) is 0 Å². The first-order valence-corrected chi connectivity index (χ1v) is 13.6. The summed E-state index contributed by atoms with van der Waals surface area (Å²) in [4.78, 5) is 41.1. The molecule has 0 saturated carbocycles. The minimum absolute atomic E-state index is 0.00264. The maximum Gasteiger partial charge on any atom is 0.355 e. The van der Waals surface area contributed by atoms with Crippen LogP contribution in [0.25, 0.3) is 0 Å². The Balaban J connectivity index is 2.04. The Labute approximate surface area is 250 Å². The molecule has 0 aromatic heterocycles. The maximum absolute atomic E-state index is 13.6. The first-order valence-electron chi connectivity index (χ1n) is 13.6. The highest BCUT2D eigenvalue weighted by atomic mass is 16.5. The summed E-state index contributed by atoms with van der Waals surface area (Å²) in [6.45, 7) is 3.77. The summed E-state index contributed by atoms with van der Waals surface area (Å²) in [5, 5.41) is 13.8. The minimum atomic E-state index is -1.03. The number of methoxy groups -OCH3 is 2. The topological polar surface area (TPSA) is 144 Å². The van der Waals surface area contributed by atoms with Gasteiger partial charge in [-0.15, -0.1) is 0 Å².